The first-order valence-electron chi connectivity index (χ1n) is 6.95. The van der Waals surface area contributed by atoms with Gasteiger partial charge in [-0.2, -0.15) is 0 Å². The van der Waals surface area contributed by atoms with Crippen molar-refractivity contribution < 1.29 is 4.79 Å². The molecule has 0 atom stereocenters. The number of hydrogen-bond acceptors (Lipinski definition) is 3. The summed E-state index contributed by atoms with van der Waals surface area (Å²) in [6.07, 6.45) is 2.59. The summed E-state index contributed by atoms with van der Waals surface area (Å²) in [5.74, 6) is 0.0376. The van der Waals surface area contributed by atoms with Gasteiger partial charge < -0.3 is 4.90 Å². The van der Waals surface area contributed by atoms with Crippen LogP contribution in [-0.4, -0.2) is 55.4 Å². The summed E-state index contributed by atoms with van der Waals surface area (Å²) in [5, 5.41) is 0.976. The van der Waals surface area contributed by atoms with Crippen LogP contribution in [0.3, 0.4) is 0 Å². The molecule has 110 valence electrons. The highest BCUT2D eigenvalue weighted by Gasteiger charge is 2.15. The van der Waals surface area contributed by atoms with E-state index in [-0.39, 0.29) is 5.78 Å². The Balaban J connectivity index is 1.83. The van der Waals surface area contributed by atoms with Crippen LogP contribution in [0.4, 0.5) is 0 Å². The molecule has 0 amide bonds. The highest BCUT2D eigenvalue weighted by atomic mass is 35.5. The van der Waals surface area contributed by atoms with Crippen molar-refractivity contribution in [3.8, 4) is 0 Å². The summed E-state index contributed by atoms with van der Waals surface area (Å²) in [7, 11) is 1.97. The van der Waals surface area contributed by atoms with Gasteiger partial charge in [0.2, 0.25) is 0 Å². The second-order valence-corrected chi connectivity index (χ2v) is 6.18. The molecule has 0 aromatic heterocycles. The van der Waals surface area contributed by atoms with E-state index in [4.69, 9.17) is 23.2 Å². The van der Waals surface area contributed by atoms with E-state index in [9.17, 15) is 4.79 Å². The lowest BCUT2D eigenvalue weighted by Gasteiger charge is -2.20. The van der Waals surface area contributed by atoms with E-state index in [2.05, 4.69) is 4.90 Å². The van der Waals surface area contributed by atoms with Gasteiger partial charge in [-0.15, -0.1) is 0 Å². The highest BCUT2D eigenvalue weighted by Crippen LogP contribution is 2.21. The van der Waals surface area contributed by atoms with E-state index < -0.39 is 0 Å². The number of likely N-dealkylation sites (N-methyl/N-ethyl adjacent to an activating group) is 1. The number of halogens is 2. The molecule has 0 radical (unpaired) electrons. The first kappa shape index (κ1) is 15.8. The van der Waals surface area contributed by atoms with Gasteiger partial charge in [0.15, 0.2) is 5.78 Å². The second-order valence-electron chi connectivity index (χ2n) is 5.33. The van der Waals surface area contributed by atoms with E-state index in [0.29, 0.717) is 22.2 Å². The fourth-order valence-electron chi connectivity index (χ4n) is 2.44. The molecule has 20 heavy (non-hydrogen) atoms. The Morgan fingerprint density at radius 3 is 2.65 bits per heavy atom. The molecular formula is C15H20Cl2N2O. The summed E-state index contributed by atoms with van der Waals surface area (Å²) >= 11 is 11.9. The van der Waals surface area contributed by atoms with Gasteiger partial charge in [0, 0.05) is 23.7 Å². The second kappa shape index (κ2) is 7.41. The third kappa shape index (κ3) is 4.45. The van der Waals surface area contributed by atoms with Crippen molar-refractivity contribution in [2.75, 3.05) is 39.8 Å². The van der Waals surface area contributed by atoms with Crippen molar-refractivity contribution >= 4 is 29.0 Å². The molecule has 1 aromatic rings. The van der Waals surface area contributed by atoms with Crippen molar-refractivity contribution in [3.05, 3.63) is 33.8 Å². The molecule has 0 saturated carbocycles. The summed E-state index contributed by atoms with van der Waals surface area (Å²) < 4.78 is 0. The minimum atomic E-state index is 0.0376. The molecule has 0 N–H and O–H groups in total. The van der Waals surface area contributed by atoms with Crippen molar-refractivity contribution in [2.24, 2.45) is 0 Å². The van der Waals surface area contributed by atoms with Gasteiger partial charge in [-0.25, -0.2) is 0 Å². The average Bonchev–Trinajstić information content (AvgIpc) is 2.89. The fraction of sp³-hybridized carbons (Fsp3) is 0.533. The zero-order valence-electron chi connectivity index (χ0n) is 11.7. The van der Waals surface area contributed by atoms with E-state index in [1.165, 1.54) is 25.9 Å². The average molecular weight is 315 g/mol. The van der Waals surface area contributed by atoms with Crippen LogP contribution in [-0.2, 0) is 0 Å². The summed E-state index contributed by atoms with van der Waals surface area (Å²) in [5.41, 5.74) is 0.545. The van der Waals surface area contributed by atoms with Gasteiger partial charge in [0.1, 0.15) is 0 Å². The zero-order valence-corrected chi connectivity index (χ0v) is 13.3. The zero-order chi connectivity index (χ0) is 14.5. The van der Waals surface area contributed by atoms with Crippen LogP contribution in [0, 0.1) is 0 Å². The van der Waals surface area contributed by atoms with Crippen LogP contribution >= 0.6 is 23.2 Å². The Morgan fingerprint density at radius 1 is 1.30 bits per heavy atom. The van der Waals surface area contributed by atoms with Gasteiger partial charge in [0.05, 0.1) is 11.6 Å². The maximum Gasteiger partial charge on any atom is 0.178 e. The number of carbonyl (C=O) groups excluding carboxylic acids is 1. The van der Waals surface area contributed by atoms with E-state index in [1.807, 2.05) is 11.9 Å². The molecule has 1 fully saturated rings. The lowest BCUT2D eigenvalue weighted by atomic mass is 10.1. The van der Waals surface area contributed by atoms with Gasteiger partial charge >= 0.3 is 0 Å². The minimum Gasteiger partial charge on any atom is -0.302 e. The maximum absolute atomic E-state index is 12.2. The predicted octanol–water partition coefficient (Wildman–Crippen LogP) is 3.20. The fourth-order valence-corrected chi connectivity index (χ4v) is 2.96. The normalized spacial score (nSPS) is 16.0. The summed E-state index contributed by atoms with van der Waals surface area (Å²) in [6, 6.07) is 5.01. The Labute approximate surface area is 130 Å². The molecule has 2 rings (SSSR count). The van der Waals surface area contributed by atoms with Crippen molar-refractivity contribution in [2.45, 2.75) is 12.8 Å². The van der Waals surface area contributed by atoms with Crippen LogP contribution in [0.15, 0.2) is 18.2 Å². The van der Waals surface area contributed by atoms with Gasteiger partial charge in [-0.1, -0.05) is 23.2 Å². The molecule has 1 heterocycles. The molecule has 1 aliphatic rings. The summed E-state index contributed by atoms with van der Waals surface area (Å²) in [6.45, 7) is 4.68. The topological polar surface area (TPSA) is 23.6 Å². The van der Waals surface area contributed by atoms with Crippen molar-refractivity contribution in [1.82, 2.24) is 9.80 Å². The molecule has 1 saturated heterocycles. The SMILES string of the molecule is CN(CCN1CCCC1)CC(=O)c1ccc(Cl)cc1Cl. The number of likely N-dealkylation sites (tertiary alicyclic amines) is 1. The van der Waals surface area contributed by atoms with Gasteiger partial charge in [-0.05, 0) is 51.2 Å². The molecule has 0 spiro atoms. The number of Topliss-reactive ketones (excluding diaryl/α,β-unsaturated/α-hetero) is 1. The third-order valence-corrected chi connectivity index (χ3v) is 4.19. The number of rotatable bonds is 6. The van der Waals surface area contributed by atoms with Crippen LogP contribution in [0.25, 0.3) is 0 Å². The van der Waals surface area contributed by atoms with Crippen LogP contribution in [0.1, 0.15) is 23.2 Å². The monoisotopic (exact) mass is 314 g/mol. The Kier molecular flexibility index (Phi) is 5.85. The minimum absolute atomic E-state index is 0.0376. The first-order chi connectivity index (χ1) is 9.56. The quantitative estimate of drug-likeness (QED) is 0.753. The van der Waals surface area contributed by atoms with Crippen LogP contribution < -0.4 is 0 Å². The molecule has 0 unspecified atom stereocenters. The van der Waals surface area contributed by atoms with Crippen LogP contribution in [0.5, 0.6) is 0 Å². The number of carbonyl (C=O) groups is 1. The first-order valence-corrected chi connectivity index (χ1v) is 7.71. The van der Waals surface area contributed by atoms with E-state index >= 15 is 0 Å². The highest BCUT2D eigenvalue weighted by molar-refractivity contribution is 6.36. The Morgan fingerprint density at radius 2 is 2.00 bits per heavy atom. The molecular weight excluding hydrogens is 295 g/mol. The number of hydrogen-bond donors (Lipinski definition) is 0. The Bertz CT molecular complexity index is 473. The Hall–Kier alpha value is -0.610. The lowest BCUT2D eigenvalue weighted by Crippen LogP contribution is -2.34. The number of nitrogens with zero attached hydrogens (tertiary/aromatic N) is 2. The number of ketones is 1. The van der Waals surface area contributed by atoms with Crippen LogP contribution in [0.2, 0.25) is 10.0 Å². The van der Waals surface area contributed by atoms with Crippen molar-refractivity contribution in [3.63, 3.8) is 0 Å². The predicted molar refractivity (Wildman–Crippen MR) is 84.0 cm³/mol. The summed E-state index contributed by atoms with van der Waals surface area (Å²) in [4.78, 5) is 16.7. The molecule has 5 heteroatoms. The standard InChI is InChI=1S/C15H20Cl2N2O/c1-18(8-9-19-6-2-3-7-19)11-15(20)13-5-4-12(16)10-14(13)17/h4-5,10H,2-3,6-9,11H2,1H3. The smallest absolute Gasteiger partial charge is 0.178 e. The molecule has 0 bridgehead atoms. The van der Waals surface area contributed by atoms with Crippen molar-refractivity contribution in [1.29, 1.82) is 0 Å². The third-order valence-electron chi connectivity index (χ3n) is 3.64. The largest absolute Gasteiger partial charge is 0.302 e. The molecule has 1 aromatic carbocycles. The molecule has 0 aliphatic carbocycles. The maximum atomic E-state index is 12.2. The number of benzene rings is 1. The van der Waals surface area contributed by atoms with E-state index in [0.717, 1.165) is 13.1 Å². The van der Waals surface area contributed by atoms with Gasteiger partial charge in [0.25, 0.3) is 0 Å². The lowest BCUT2D eigenvalue weighted by molar-refractivity contribution is 0.0941. The molecule has 1 aliphatic heterocycles. The molecule has 3 nitrogen and oxygen atoms in total. The van der Waals surface area contributed by atoms with Gasteiger partial charge in [-0.3, -0.25) is 9.69 Å². The van der Waals surface area contributed by atoms with E-state index in [1.54, 1.807) is 18.2 Å².